The average Bonchev–Trinajstić information content (AvgIpc) is 2.13. The molecule has 1 aliphatic rings. The van der Waals surface area contributed by atoms with E-state index >= 15 is 0 Å². The summed E-state index contributed by atoms with van der Waals surface area (Å²) in [6.45, 7) is 8.77. The topological polar surface area (TPSA) is 12.5 Å². The molecule has 0 unspecified atom stereocenters. The minimum absolute atomic E-state index is 0.433. The van der Waals surface area contributed by atoms with Gasteiger partial charge in [-0.15, -0.1) is 0 Å². The molecule has 0 N–H and O–H groups in total. The fraction of sp³-hybridized carbons (Fsp3) is 1.00. The van der Waals surface area contributed by atoms with Gasteiger partial charge in [0.25, 0.3) is 0 Å². The lowest BCUT2D eigenvalue weighted by atomic mass is 10.3. The molecule has 10 heavy (non-hydrogen) atoms. The molecule has 0 aromatic heterocycles. The Morgan fingerprint density at radius 1 is 1.60 bits per heavy atom. The van der Waals surface area contributed by atoms with E-state index in [4.69, 9.17) is 4.74 Å². The lowest BCUT2D eigenvalue weighted by Crippen LogP contribution is -2.29. The van der Waals surface area contributed by atoms with Gasteiger partial charge in [0.2, 0.25) is 0 Å². The van der Waals surface area contributed by atoms with Crippen LogP contribution < -0.4 is 0 Å². The Kier molecular flexibility index (Phi) is 3.16. The number of likely N-dealkylation sites (N-methyl/N-ethyl adjacent to an activating group) is 1. The Bertz CT molecular complexity index is 95.3. The minimum Gasteiger partial charge on any atom is -0.377 e. The zero-order valence-corrected chi connectivity index (χ0v) is 6.97. The van der Waals surface area contributed by atoms with Crippen LogP contribution in [0.3, 0.4) is 0 Å². The standard InChI is InChI=1S/C8H17NO/c1-3-9-5-4-6-10-8(2)7-9/h8H,3-7H2,1-2H3/t8-/m0/s1. The Hall–Kier alpha value is -0.0800. The third-order valence-corrected chi connectivity index (χ3v) is 1.98. The molecule has 0 spiro atoms. The molecule has 0 bridgehead atoms. The van der Waals surface area contributed by atoms with Crippen molar-refractivity contribution < 1.29 is 4.74 Å². The number of rotatable bonds is 1. The van der Waals surface area contributed by atoms with E-state index in [2.05, 4.69) is 18.7 Å². The Balaban J connectivity index is 2.30. The summed E-state index contributed by atoms with van der Waals surface area (Å²) >= 11 is 0. The van der Waals surface area contributed by atoms with Crippen LogP contribution in [0.4, 0.5) is 0 Å². The van der Waals surface area contributed by atoms with Crippen LogP contribution in [-0.4, -0.2) is 37.2 Å². The minimum atomic E-state index is 0.433. The SMILES string of the molecule is CCN1CCCO[C@@H](C)C1. The molecule has 0 saturated carbocycles. The first kappa shape index (κ1) is 8.02. The maximum absolute atomic E-state index is 5.49. The van der Waals surface area contributed by atoms with Gasteiger partial charge in [-0.1, -0.05) is 6.92 Å². The van der Waals surface area contributed by atoms with Crippen molar-refractivity contribution in [1.82, 2.24) is 4.90 Å². The molecule has 1 heterocycles. The molecular formula is C8H17NO. The van der Waals surface area contributed by atoms with Crippen LogP contribution in [-0.2, 0) is 4.74 Å². The van der Waals surface area contributed by atoms with Crippen molar-refractivity contribution in [1.29, 1.82) is 0 Å². The molecule has 1 saturated heterocycles. The highest BCUT2D eigenvalue weighted by molar-refractivity contribution is 4.64. The highest BCUT2D eigenvalue weighted by atomic mass is 16.5. The summed E-state index contributed by atoms with van der Waals surface area (Å²) in [4.78, 5) is 2.44. The van der Waals surface area contributed by atoms with Gasteiger partial charge >= 0.3 is 0 Å². The van der Waals surface area contributed by atoms with Crippen molar-refractivity contribution in [2.75, 3.05) is 26.2 Å². The van der Waals surface area contributed by atoms with Crippen LogP contribution in [0.15, 0.2) is 0 Å². The predicted octanol–water partition coefficient (Wildman–Crippen LogP) is 1.12. The first-order chi connectivity index (χ1) is 4.83. The second-order valence-electron chi connectivity index (χ2n) is 2.93. The third-order valence-electron chi connectivity index (χ3n) is 1.98. The van der Waals surface area contributed by atoms with Crippen molar-refractivity contribution >= 4 is 0 Å². The molecule has 2 nitrogen and oxygen atoms in total. The number of ether oxygens (including phenoxy) is 1. The van der Waals surface area contributed by atoms with Crippen LogP contribution in [0.5, 0.6) is 0 Å². The van der Waals surface area contributed by atoms with E-state index in [1.165, 1.54) is 13.0 Å². The molecule has 0 aliphatic carbocycles. The third kappa shape index (κ3) is 2.27. The summed E-state index contributed by atoms with van der Waals surface area (Å²) in [5.41, 5.74) is 0. The monoisotopic (exact) mass is 143 g/mol. The van der Waals surface area contributed by atoms with Gasteiger partial charge in [-0.2, -0.15) is 0 Å². The highest BCUT2D eigenvalue weighted by Crippen LogP contribution is 2.03. The quantitative estimate of drug-likeness (QED) is 0.545. The van der Waals surface area contributed by atoms with Crippen molar-refractivity contribution in [3.63, 3.8) is 0 Å². The van der Waals surface area contributed by atoms with E-state index in [1.54, 1.807) is 0 Å². The lowest BCUT2D eigenvalue weighted by Gasteiger charge is -2.18. The molecule has 1 fully saturated rings. The molecule has 2 heteroatoms. The first-order valence-corrected chi connectivity index (χ1v) is 4.17. The second kappa shape index (κ2) is 3.94. The highest BCUT2D eigenvalue weighted by Gasteiger charge is 2.12. The van der Waals surface area contributed by atoms with Gasteiger partial charge in [-0.05, 0) is 19.9 Å². The van der Waals surface area contributed by atoms with Gasteiger partial charge in [0.05, 0.1) is 6.10 Å². The Morgan fingerprint density at radius 2 is 2.40 bits per heavy atom. The van der Waals surface area contributed by atoms with Crippen LogP contribution in [0, 0.1) is 0 Å². The van der Waals surface area contributed by atoms with Crippen LogP contribution in [0.2, 0.25) is 0 Å². The number of hydrogen-bond donors (Lipinski definition) is 0. The van der Waals surface area contributed by atoms with Gasteiger partial charge in [-0.25, -0.2) is 0 Å². The van der Waals surface area contributed by atoms with Crippen molar-refractivity contribution in [3.8, 4) is 0 Å². The van der Waals surface area contributed by atoms with Crippen molar-refractivity contribution in [2.45, 2.75) is 26.4 Å². The number of nitrogens with zero attached hydrogens (tertiary/aromatic N) is 1. The van der Waals surface area contributed by atoms with E-state index < -0.39 is 0 Å². The maximum Gasteiger partial charge on any atom is 0.0673 e. The molecule has 0 aromatic carbocycles. The van der Waals surface area contributed by atoms with Crippen LogP contribution in [0.1, 0.15) is 20.3 Å². The van der Waals surface area contributed by atoms with Gasteiger partial charge in [0.1, 0.15) is 0 Å². The summed E-state index contributed by atoms with van der Waals surface area (Å²) in [5, 5.41) is 0. The molecule has 0 radical (unpaired) electrons. The lowest BCUT2D eigenvalue weighted by molar-refractivity contribution is 0.0685. The molecule has 0 aromatic rings. The summed E-state index contributed by atoms with van der Waals surface area (Å²) in [6, 6.07) is 0. The summed E-state index contributed by atoms with van der Waals surface area (Å²) in [7, 11) is 0. The maximum atomic E-state index is 5.49. The fourth-order valence-corrected chi connectivity index (χ4v) is 1.37. The van der Waals surface area contributed by atoms with Gasteiger partial charge in [0.15, 0.2) is 0 Å². The van der Waals surface area contributed by atoms with E-state index in [9.17, 15) is 0 Å². The molecule has 1 rings (SSSR count). The predicted molar refractivity (Wildman–Crippen MR) is 42.1 cm³/mol. The van der Waals surface area contributed by atoms with Crippen molar-refractivity contribution in [3.05, 3.63) is 0 Å². The van der Waals surface area contributed by atoms with Crippen LogP contribution in [0.25, 0.3) is 0 Å². The molecule has 0 amide bonds. The van der Waals surface area contributed by atoms with Gasteiger partial charge < -0.3 is 9.64 Å². The fourth-order valence-electron chi connectivity index (χ4n) is 1.37. The average molecular weight is 143 g/mol. The molecule has 1 aliphatic heterocycles. The Morgan fingerprint density at radius 3 is 3.10 bits per heavy atom. The molecule has 1 atom stereocenters. The summed E-state index contributed by atoms with van der Waals surface area (Å²) < 4.78 is 5.49. The Labute approximate surface area is 63.2 Å². The normalized spacial score (nSPS) is 30.0. The van der Waals surface area contributed by atoms with Crippen molar-refractivity contribution in [2.24, 2.45) is 0 Å². The zero-order chi connectivity index (χ0) is 7.40. The van der Waals surface area contributed by atoms with E-state index in [1.807, 2.05) is 0 Å². The molecule has 60 valence electrons. The molecular weight excluding hydrogens is 126 g/mol. The van der Waals surface area contributed by atoms with E-state index in [0.717, 1.165) is 19.7 Å². The van der Waals surface area contributed by atoms with Crippen LogP contribution >= 0.6 is 0 Å². The number of hydrogen-bond acceptors (Lipinski definition) is 2. The van der Waals surface area contributed by atoms with E-state index in [0.29, 0.717) is 6.10 Å². The first-order valence-electron chi connectivity index (χ1n) is 4.17. The summed E-state index contributed by atoms with van der Waals surface area (Å²) in [6.07, 6.45) is 1.63. The van der Waals surface area contributed by atoms with Gasteiger partial charge in [0, 0.05) is 19.7 Å². The summed E-state index contributed by atoms with van der Waals surface area (Å²) in [5.74, 6) is 0. The second-order valence-corrected chi connectivity index (χ2v) is 2.93. The smallest absolute Gasteiger partial charge is 0.0673 e. The zero-order valence-electron chi connectivity index (χ0n) is 6.97. The van der Waals surface area contributed by atoms with E-state index in [-0.39, 0.29) is 0 Å². The largest absolute Gasteiger partial charge is 0.377 e. The van der Waals surface area contributed by atoms with Gasteiger partial charge in [-0.3, -0.25) is 0 Å².